The van der Waals surface area contributed by atoms with Crippen molar-refractivity contribution >= 4 is 5.91 Å². The lowest BCUT2D eigenvalue weighted by Gasteiger charge is -2.24. The van der Waals surface area contributed by atoms with E-state index >= 15 is 0 Å². The zero-order valence-electron chi connectivity index (χ0n) is 12.2. The second kappa shape index (κ2) is 5.69. The van der Waals surface area contributed by atoms with E-state index in [1.165, 1.54) is 24.3 Å². The summed E-state index contributed by atoms with van der Waals surface area (Å²) in [7, 11) is 0. The van der Waals surface area contributed by atoms with Gasteiger partial charge in [-0.3, -0.25) is 4.79 Å². The van der Waals surface area contributed by atoms with Gasteiger partial charge in [0.1, 0.15) is 17.2 Å². The topological polar surface area (TPSA) is 62.5 Å². The summed E-state index contributed by atoms with van der Waals surface area (Å²) >= 11 is 0. The van der Waals surface area contributed by atoms with Crippen molar-refractivity contribution in [1.82, 2.24) is 5.32 Å². The number of hydrogen-bond donors (Lipinski definition) is 2. The molecule has 5 heteroatoms. The van der Waals surface area contributed by atoms with Gasteiger partial charge in [-0.05, 0) is 44.5 Å². The highest BCUT2D eigenvalue weighted by Gasteiger charge is 2.25. The largest absolute Gasteiger partial charge is 0.456 e. The fourth-order valence-corrected chi connectivity index (χ4v) is 2.11. The van der Waals surface area contributed by atoms with Gasteiger partial charge in [0.25, 0.3) is 5.91 Å². The average molecular weight is 291 g/mol. The van der Waals surface area contributed by atoms with Crippen LogP contribution in [0.2, 0.25) is 0 Å². The maximum Gasteiger partial charge on any atom is 0.287 e. The van der Waals surface area contributed by atoms with Gasteiger partial charge in [-0.15, -0.1) is 0 Å². The molecule has 4 nitrogen and oxygen atoms in total. The molecule has 2 aromatic rings. The molecule has 1 atom stereocenters. The second-order valence-electron chi connectivity index (χ2n) is 5.33. The molecular weight excluding hydrogens is 273 g/mol. The predicted octanol–water partition coefficient (Wildman–Crippen LogP) is 2.67. The van der Waals surface area contributed by atoms with Crippen LogP contribution in [0.5, 0.6) is 0 Å². The van der Waals surface area contributed by atoms with Gasteiger partial charge in [-0.2, -0.15) is 0 Å². The third-order valence-electron chi connectivity index (χ3n) is 3.31. The van der Waals surface area contributed by atoms with Crippen LogP contribution < -0.4 is 5.32 Å². The smallest absolute Gasteiger partial charge is 0.287 e. The van der Waals surface area contributed by atoms with Crippen molar-refractivity contribution in [3.8, 4) is 0 Å². The Morgan fingerprint density at radius 2 is 1.95 bits per heavy atom. The van der Waals surface area contributed by atoms with Gasteiger partial charge in [-0.25, -0.2) is 4.39 Å². The van der Waals surface area contributed by atoms with E-state index in [9.17, 15) is 14.3 Å². The fraction of sp³-hybridized carbons (Fsp3) is 0.312. The molecule has 112 valence electrons. The van der Waals surface area contributed by atoms with Crippen LogP contribution >= 0.6 is 0 Å². The SMILES string of the molecule is Cc1cc(C)c(C(=O)NCC(C)(O)c2ccc(F)cc2)o1. The minimum Gasteiger partial charge on any atom is -0.456 e. The first-order valence-corrected chi connectivity index (χ1v) is 6.63. The molecule has 0 radical (unpaired) electrons. The number of carbonyl (C=O) groups is 1. The minimum atomic E-state index is -1.29. The summed E-state index contributed by atoms with van der Waals surface area (Å²) in [5.74, 6) is 0.133. The quantitative estimate of drug-likeness (QED) is 0.910. The van der Waals surface area contributed by atoms with Crippen LogP contribution in [0, 0.1) is 19.7 Å². The van der Waals surface area contributed by atoms with Gasteiger partial charge in [0.05, 0.1) is 6.54 Å². The van der Waals surface area contributed by atoms with E-state index in [1.54, 1.807) is 26.8 Å². The van der Waals surface area contributed by atoms with Gasteiger partial charge >= 0.3 is 0 Å². The van der Waals surface area contributed by atoms with Crippen LogP contribution in [0.1, 0.15) is 34.4 Å². The fourth-order valence-electron chi connectivity index (χ4n) is 2.11. The lowest BCUT2D eigenvalue weighted by atomic mass is 9.96. The number of carbonyl (C=O) groups excluding carboxylic acids is 1. The van der Waals surface area contributed by atoms with Crippen LogP contribution in [-0.4, -0.2) is 17.6 Å². The number of furan rings is 1. The lowest BCUT2D eigenvalue weighted by Crippen LogP contribution is -2.38. The summed E-state index contributed by atoms with van der Waals surface area (Å²) in [5.41, 5.74) is -0.0261. The van der Waals surface area contributed by atoms with Crippen LogP contribution in [0.15, 0.2) is 34.7 Å². The first-order chi connectivity index (χ1) is 9.79. The van der Waals surface area contributed by atoms with E-state index in [4.69, 9.17) is 4.42 Å². The molecular formula is C16H18FNO3. The molecule has 0 aliphatic rings. The molecule has 0 spiro atoms. The Balaban J connectivity index is 2.06. The van der Waals surface area contributed by atoms with Crippen molar-refractivity contribution < 1.29 is 18.7 Å². The Morgan fingerprint density at radius 3 is 2.48 bits per heavy atom. The first kappa shape index (κ1) is 15.3. The van der Waals surface area contributed by atoms with E-state index in [1.807, 2.05) is 0 Å². The average Bonchev–Trinajstić information content (AvgIpc) is 2.76. The Labute approximate surface area is 122 Å². The van der Waals surface area contributed by atoms with Gasteiger partial charge in [0.2, 0.25) is 0 Å². The van der Waals surface area contributed by atoms with Gasteiger partial charge in [0, 0.05) is 5.56 Å². The van der Waals surface area contributed by atoms with E-state index < -0.39 is 5.60 Å². The molecule has 1 unspecified atom stereocenters. The summed E-state index contributed by atoms with van der Waals surface area (Å²) in [6.45, 7) is 5.10. The number of amides is 1. The molecule has 0 aliphatic heterocycles. The maximum atomic E-state index is 12.9. The number of aryl methyl sites for hydroxylation is 2. The van der Waals surface area contributed by atoms with Gasteiger partial charge < -0.3 is 14.8 Å². The van der Waals surface area contributed by atoms with Crippen molar-refractivity contribution in [3.05, 3.63) is 58.8 Å². The zero-order chi connectivity index (χ0) is 15.6. The van der Waals surface area contributed by atoms with Crippen LogP contribution in [0.4, 0.5) is 4.39 Å². The van der Waals surface area contributed by atoms with Crippen molar-refractivity contribution in [1.29, 1.82) is 0 Å². The van der Waals surface area contributed by atoms with Crippen LogP contribution in [-0.2, 0) is 5.60 Å². The number of rotatable bonds is 4. The highest BCUT2D eigenvalue weighted by molar-refractivity contribution is 5.92. The summed E-state index contributed by atoms with van der Waals surface area (Å²) in [5, 5.41) is 13.0. The lowest BCUT2D eigenvalue weighted by molar-refractivity contribution is 0.0517. The molecule has 1 amide bonds. The number of benzene rings is 1. The molecule has 0 fully saturated rings. The zero-order valence-corrected chi connectivity index (χ0v) is 12.2. The Morgan fingerprint density at radius 1 is 1.33 bits per heavy atom. The Hall–Kier alpha value is -2.14. The number of hydrogen-bond acceptors (Lipinski definition) is 3. The highest BCUT2D eigenvalue weighted by Crippen LogP contribution is 2.20. The molecule has 2 rings (SSSR count). The predicted molar refractivity (Wildman–Crippen MR) is 76.5 cm³/mol. The molecule has 2 N–H and O–H groups in total. The van der Waals surface area contributed by atoms with E-state index in [0.29, 0.717) is 11.3 Å². The second-order valence-corrected chi connectivity index (χ2v) is 5.33. The number of nitrogens with one attached hydrogen (secondary N) is 1. The number of aliphatic hydroxyl groups is 1. The van der Waals surface area contributed by atoms with E-state index in [2.05, 4.69) is 5.32 Å². The van der Waals surface area contributed by atoms with Crippen molar-refractivity contribution in [2.45, 2.75) is 26.4 Å². The highest BCUT2D eigenvalue weighted by atomic mass is 19.1. The molecule has 1 aromatic heterocycles. The maximum absolute atomic E-state index is 12.9. The van der Waals surface area contributed by atoms with E-state index in [0.717, 1.165) is 5.56 Å². The molecule has 1 heterocycles. The molecule has 0 saturated heterocycles. The summed E-state index contributed by atoms with van der Waals surface area (Å²) in [4.78, 5) is 12.0. The first-order valence-electron chi connectivity index (χ1n) is 6.63. The van der Waals surface area contributed by atoms with Gasteiger partial charge in [0.15, 0.2) is 5.76 Å². The molecule has 1 aromatic carbocycles. The normalized spacial score (nSPS) is 13.8. The summed E-state index contributed by atoms with van der Waals surface area (Å²) in [6, 6.07) is 7.29. The minimum absolute atomic E-state index is 0.00332. The molecule has 21 heavy (non-hydrogen) atoms. The standard InChI is InChI=1S/C16H18FNO3/c1-10-8-11(2)21-14(10)15(19)18-9-16(3,20)12-4-6-13(17)7-5-12/h4-8,20H,9H2,1-3H3,(H,18,19). The Kier molecular flexibility index (Phi) is 4.14. The summed E-state index contributed by atoms with van der Waals surface area (Å²) in [6.07, 6.45) is 0. The van der Waals surface area contributed by atoms with E-state index in [-0.39, 0.29) is 24.0 Å². The third kappa shape index (κ3) is 3.49. The molecule has 0 bridgehead atoms. The molecule has 0 aliphatic carbocycles. The van der Waals surface area contributed by atoms with Crippen LogP contribution in [0.3, 0.4) is 0 Å². The van der Waals surface area contributed by atoms with Crippen molar-refractivity contribution in [3.63, 3.8) is 0 Å². The molecule has 0 saturated carbocycles. The van der Waals surface area contributed by atoms with Gasteiger partial charge in [-0.1, -0.05) is 12.1 Å². The van der Waals surface area contributed by atoms with Crippen molar-refractivity contribution in [2.75, 3.05) is 6.54 Å². The Bertz CT molecular complexity index is 644. The van der Waals surface area contributed by atoms with Crippen LogP contribution in [0.25, 0.3) is 0 Å². The van der Waals surface area contributed by atoms with Crippen molar-refractivity contribution in [2.24, 2.45) is 0 Å². The third-order valence-corrected chi connectivity index (χ3v) is 3.31. The summed E-state index contributed by atoms with van der Waals surface area (Å²) < 4.78 is 18.2. The monoisotopic (exact) mass is 291 g/mol. The number of halogens is 1.